The third kappa shape index (κ3) is 4.92. The second-order valence-corrected chi connectivity index (χ2v) is 8.02. The van der Waals surface area contributed by atoms with Crippen molar-refractivity contribution in [2.45, 2.75) is 32.9 Å². The number of aliphatic carboxylic acids is 1. The van der Waals surface area contributed by atoms with Crippen LogP contribution in [-0.4, -0.2) is 38.4 Å². The molecule has 32 heavy (non-hydrogen) atoms. The van der Waals surface area contributed by atoms with Gasteiger partial charge < -0.3 is 19.7 Å². The minimum atomic E-state index is -0.813. The molecule has 0 unspecified atom stereocenters. The number of nitrogens with zero attached hydrogens (tertiary/aromatic N) is 3. The van der Waals surface area contributed by atoms with Crippen LogP contribution in [0.15, 0.2) is 53.2 Å². The van der Waals surface area contributed by atoms with E-state index in [1.165, 1.54) is 0 Å². The van der Waals surface area contributed by atoms with Crippen LogP contribution in [0.3, 0.4) is 0 Å². The number of hydrogen-bond donors (Lipinski definition) is 2. The Morgan fingerprint density at radius 2 is 2.09 bits per heavy atom. The summed E-state index contributed by atoms with van der Waals surface area (Å²) in [5, 5.41) is 17.5. The third-order valence-electron chi connectivity index (χ3n) is 4.77. The van der Waals surface area contributed by atoms with Gasteiger partial charge in [-0.05, 0) is 61.0 Å². The lowest BCUT2D eigenvalue weighted by molar-refractivity contribution is -0.136. The quantitative estimate of drug-likeness (QED) is 0.354. The molecule has 166 valence electrons. The lowest BCUT2D eigenvalue weighted by Crippen LogP contribution is -2.17. The minimum absolute atomic E-state index is 0.0245. The Balaban J connectivity index is 1.52. The third-order valence-corrected chi connectivity index (χ3v) is 5.07. The zero-order valence-electron chi connectivity index (χ0n) is 17.7. The highest BCUT2D eigenvalue weighted by molar-refractivity contribution is 6.32. The van der Waals surface area contributed by atoms with Gasteiger partial charge in [0.15, 0.2) is 0 Å². The summed E-state index contributed by atoms with van der Waals surface area (Å²) in [5.41, 5.74) is 2.70. The van der Waals surface area contributed by atoms with Crippen molar-refractivity contribution in [1.29, 1.82) is 0 Å². The van der Waals surface area contributed by atoms with Crippen molar-refractivity contribution in [1.82, 2.24) is 20.0 Å². The van der Waals surface area contributed by atoms with Gasteiger partial charge in [-0.15, -0.1) is 0 Å². The fourth-order valence-electron chi connectivity index (χ4n) is 3.32. The van der Waals surface area contributed by atoms with Crippen molar-refractivity contribution < 1.29 is 19.2 Å². The van der Waals surface area contributed by atoms with Gasteiger partial charge >= 0.3 is 5.97 Å². The minimum Gasteiger partial charge on any atom is -0.489 e. The van der Waals surface area contributed by atoms with Gasteiger partial charge in [0.05, 0.1) is 23.1 Å². The molecular weight excluding hydrogens is 432 g/mol. The zero-order chi connectivity index (χ0) is 22.7. The van der Waals surface area contributed by atoms with Crippen molar-refractivity contribution >= 4 is 28.5 Å². The molecular formula is C23H23ClN4O4. The Morgan fingerprint density at radius 3 is 2.84 bits per heavy atom. The molecule has 0 fully saturated rings. The number of nitrogens with one attached hydrogen (secondary N) is 1. The lowest BCUT2D eigenvalue weighted by atomic mass is 10.1. The zero-order valence-corrected chi connectivity index (χ0v) is 18.5. The molecule has 8 nitrogen and oxygen atoms in total. The van der Waals surface area contributed by atoms with Crippen LogP contribution in [0.2, 0.25) is 5.02 Å². The number of carbonyl (C=O) groups is 1. The van der Waals surface area contributed by atoms with E-state index in [-0.39, 0.29) is 12.5 Å². The van der Waals surface area contributed by atoms with Crippen molar-refractivity contribution in [2.24, 2.45) is 0 Å². The summed E-state index contributed by atoms with van der Waals surface area (Å²) < 4.78 is 13.0. The fraction of sp³-hybridized carbons (Fsp3) is 0.261. The van der Waals surface area contributed by atoms with E-state index < -0.39 is 5.97 Å². The SMILES string of the molecule is CC(C)Oc1ccc(-c2nc(-n3ccc4cc(CNCCC(=O)O)ccc43)no2)cc1Cl. The molecule has 2 N–H and O–H groups in total. The first-order chi connectivity index (χ1) is 15.4. The number of halogens is 1. The normalized spacial score (nSPS) is 11.4. The second kappa shape index (κ2) is 9.42. The number of rotatable bonds is 9. The number of benzene rings is 2. The highest BCUT2D eigenvalue weighted by Crippen LogP contribution is 2.31. The van der Waals surface area contributed by atoms with E-state index in [1.54, 1.807) is 12.1 Å². The van der Waals surface area contributed by atoms with Gasteiger partial charge in [-0.25, -0.2) is 0 Å². The second-order valence-electron chi connectivity index (χ2n) is 7.61. The van der Waals surface area contributed by atoms with Crippen LogP contribution in [0, 0.1) is 0 Å². The van der Waals surface area contributed by atoms with E-state index in [2.05, 4.69) is 15.5 Å². The maximum atomic E-state index is 10.6. The molecule has 0 saturated carbocycles. The van der Waals surface area contributed by atoms with Crippen LogP contribution in [0.4, 0.5) is 0 Å². The van der Waals surface area contributed by atoms with Gasteiger partial charge in [0.1, 0.15) is 5.75 Å². The smallest absolute Gasteiger partial charge is 0.304 e. The molecule has 4 aromatic rings. The van der Waals surface area contributed by atoms with Crippen LogP contribution < -0.4 is 10.1 Å². The largest absolute Gasteiger partial charge is 0.489 e. The van der Waals surface area contributed by atoms with E-state index in [1.807, 2.05) is 54.9 Å². The molecule has 0 radical (unpaired) electrons. The highest BCUT2D eigenvalue weighted by Gasteiger charge is 2.14. The van der Waals surface area contributed by atoms with Gasteiger partial charge in [0.25, 0.3) is 11.8 Å². The first kappa shape index (κ1) is 21.9. The maximum Gasteiger partial charge on any atom is 0.304 e. The van der Waals surface area contributed by atoms with Gasteiger partial charge in [-0.2, -0.15) is 4.98 Å². The van der Waals surface area contributed by atoms with E-state index in [9.17, 15) is 4.79 Å². The molecule has 0 bridgehead atoms. The van der Waals surface area contributed by atoms with Crippen LogP contribution in [0.5, 0.6) is 5.75 Å². The Morgan fingerprint density at radius 1 is 1.25 bits per heavy atom. The summed E-state index contributed by atoms with van der Waals surface area (Å²) in [6.45, 7) is 4.90. The maximum absolute atomic E-state index is 10.6. The van der Waals surface area contributed by atoms with Crippen molar-refractivity contribution in [3.05, 3.63) is 59.2 Å². The number of fused-ring (bicyclic) bond motifs is 1. The van der Waals surface area contributed by atoms with Gasteiger partial charge in [-0.1, -0.05) is 17.7 Å². The van der Waals surface area contributed by atoms with E-state index >= 15 is 0 Å². The summed E-state index contributed by atoms with van der Waals surface area (Å²) in [6.07, 6.45) is 2.00. The standard InChI is InChI=1S/C23H23ClN4O4/c1-14(2)31-20-6-4-17(12-18(20)24)22-26-23(27-32-22)28-10-8-16-11-15(3-5-19(16)28)13-25-9-7-21(29)30/h3-6,8,10-12,14,25H,7,9,13H2,1-2H3,(H,29,30). The molecule has 0 spiro atoms. The van der Waals surface area contributed by atoms with Gasteiger partial charge in [-0.3, -0.25) is 9.36 Å². The molecule has 4 rings (SSSR count). The monoisotopic (exact) mass is 454 g/mol. The van der Waals surface area contributed by atoms with Crippen LogP contribution in [0.1, 0.15) is 25.8 Å². The Labute approximate surface area is 189 Å². The lowest BCUT2D eigenvalue weighted by Gasteiger charge is -2.11. The van der Waals surface area contributed by atoms with E-state index in [4.69, 9.17) is 26.0 Å². The topological polar surface area (TPSA) is 102 Å². The summed E-state index contributed by atoms with van der Waals surface area (Å²) in [5.74, 6) is 0.571. The molecule has 0 atom stereocenters. The Hall–Kier alpha value is -3.36. The van der Waals surface area contributed by atoms with E-state index in [0.717, 1.165) is 16.5 Å². The van der Waals surface area contributed by atoms with Crippen molar-refractivity contribution in [2.75, 3.05) is 6.54 Å². The molecule has 2 aromatic heterocycles. The first-order valence-electron chi connectivity index (χ1n) is 10.2. The number of carboxylic acid groups (broad SMARTS) is 1. The average Bonchev–Trinajstić information content (AvgIpc) is 3.39. The van der Waals surface area contributed by atoms with Crippen molar-refractivity contribution in [3.63, 3.8) is 0 Å². The summed E-state index contributed by atoms with van der Waals surface area (Å²) in [6, 6.07) is 13.4. The molecule has 2 aromatic carbocycles. The van der Waals surface area contributed by atoms with Crippen molar-refractivity contribution in [3.8, 4) is 23.2 Å². The molecule has 0 saturated heterocycles. The average molecular weight is 455 g/mol. The number of hydrogen-bond acceptors (Lipinski definition) is 6. The number of carboxylic acids is 1. The fourth-order valence-corrected chi connectivity index (χ4v) is 3.54. The predicted octanol–water partition coefficient (Wildman–Crippen LogP) is 4.69. The number of ether oxygens (including phenoxy) is 1. The summed E-state index contributed by atoms with van der Waals surface area (Å²) in [7, 11) is 0. The van der Waals surface area contributed by atoms with Crippen LogP contribution in [-0.2, 0) is 11.3 Å². The Kier molecular flexibility index (Phi) is 6.43. The number of aromatic nitrogens is 3. The van der Waals surface area contributed by atoms with Crippen LogP contribution in [0.25, 0.3) is 28.3 Å². The van der Waals surface area contributed by atoms with Crippen LogP contribution >= 0.6 is 11.6 Å². The first-order valence-corrected chi connectivity index (χ1v) is 10.6. The van der Waals surface area contributed by atoms with Gasteiger partial charge in [0, 0.05) is 30.2 Å². The molecule has 0 aliphatic heterocycles. The van der Waals surface area contributed by atoms with E-state index in [0.29, 0.717) is 41.3 Å². The summed E-state index contributed by atoms with van der Waals surface area (Å²) in [4.78, 5) is 15.1. The predicted molar refractivity (Wildman–Crippen MR) is 121 cm³/mol. The molecule has 0 amide bonds. The highest BCUT2D eigenvalue weighted by atomic mass is 35.5. The summed E-state index contributed by atoms with van der Waals surface area (Å²) >= 11 is 6.33. The Bertz CT molecular complexity index is 1250. The molecule has 0 aliphatic carbocycles. The van der Waals surface area contributed by atoms with Gasteiger partial charge in [0.2, 0.25) is 0 Å². The molecule has 2 heterocycles. The molecule has 0 aliphatic rings. The molecule has 9 heteroatoms.